The predicted octanol–water partition coefficient (Wildman–Crippen LogP) is 3.62. The number of ether oxygens (including phenoxy) is 1. The van der Waals surface area contributed by atoms with Gasteiger partial charge in [0.25, 0.3) is 5.69 Å². The highest BCUT2D eigenvalue weighted by Crippen LogP contribution is 2.27. The largest absolute Gasteiger partial charge is 0.495 e. The van der Waals surface area contributed by atoms with Gasteiger partial charge in [0.1, 0.15) is 5.75 Å². The van der Waals surface area contributed by atoms with Gasteiger partial charge < -0.3 is 15.4 Å². The Hall–Kier alpha value is -2.80. The molecule has 126 valence electrons. The van der Waals surface area contributed by atoms with Crippen molar-refractivity contribution >= 4 is 34.6 Å². The van der Waals surface area contributed by atoms with Gasteiger partial charge in [-0.2, -0.15) is 0 Å². The van der Waals surface area contributed by atoms with Crippen molar-refractivity contribution in [3.05, 3.63) is 57.1 Å². The monoisotopic (exact) mass is 349 g/mol. The molecule has 0 atom stereocenters. The minimum Gasteiger partial charge on any atom is -0.495 e. The molecule has 0 spiro atoms. The van der Waals surface area contributed by atoms with Crippen LogP contribution in [0, 0.1) is 17.0 Å². The van der Waals surface area contributed by atoms with E-state index in [1.165, 1.54) is 19.2 Å². The molecule has 24 heavy (non-hydrogen) atoms. The van der Waals surface area contributed by atoms with Crippen LogP contribution in [-0.4, -0.2) is 24.5 Å². The van der Waals surface area contributed by atoms with Crippen LogP contribution >= 0.6 is 11.6 Å². The van der Waals surface area contributed by atoms with Crippen LogP contribution in [0.2, 0.25) is 5.02 Å². The molecule has 0 aromatic heterocycles. The molecule has 0 aliphatic carbocycles. The molecule has 8 heteroatoms. The van der Waals surface area contributed by atoms with Crippen molar-refractivity contribution in [2.24, 2.45) is 0 Å². The number of carbonyl (C=O) groups excluding carboxylic acids is 1. The Morgan fingerprint density at radius 3 is 2.67 bits per heavy atom. The molecular formula is C16H16ClN3O4. The number of nitrogens with one attached hydrogen (secondary N) is 2. The van der Waals surface area contributed by atoms with Crippen LogP contribution in [-0.2, 0) is 4.79 Å². The Balaban J connectivity index is 1.99. The minimum atomic E-state index is -0.482. The number of aryl methyl sites for hydroxylation is 1. The zero-order chi connectivity index (χ0) is 17.7. The summed E-state index contributed by atoms with van der Waals surface area (Å²) in [6, 6.07) is 9.34. The summed E-state index contributed by atoms with van der Waals surface area (Å²) in [4.78, 5) is 22.3. The zero-order valence-electron chi connectivity index (χ0n) is 13.1. The van der Waals surface area contributed by atoms with Crippen molar-refractivity contribution in [3.63, 3.8) is 0 Å². The summed E-state index contributed by atoms with van der Waals surface area (Å²) < 4.78 is 5.04. The second-order valence-electron chi connectivity index (χ2n) is 5.01. The van der Waals surface area contributed by atoms with Gasteiger partial charge >= 0.3 is 0 Å². The molecule has 0 unspecified atom stereocenters. The Morgan fingerprint density at radius 2 is 2.04 bits per heavy atom. The maximum atomic E-state index is 12.0. The maximum Gasteiger partial charge on any atom is 0.271 e. The van der Waals surface area contributed by atoms with E-state index in [0.717, 1.165) is 5.56 Å². The number of nitro benzene ring substituents is 1. The van der Waals surface area contributed by atoms with Gasteiger partial charge in [-0.3, -0.25) is 14.9 Å². The first kappa shape index (κ1) is 17.6. The molecule has 0 saturated carbocycles. The highest BCUT2D eigenvalue weighted by molar-refractivity contribution is 6.32. The highest BCUT2D eigenvalue weighted by Gasteiger charge is 2.10. The van der Waals surface area contributed by atoms with Crippen molar-refractivity contribution < 1.29 is 14.5 Å². The lowest BCUT2D eigenvalue weighted by atomic mass is 10.2. The summed E-state index contributed by atoms with van der Waals surface area (Å²) in [7, 11) is 1.50. The van der Waals surface area contributed by atoms with Crippen molar-refractivity contribution in [1.82, 2.24) is 0 Å². The number of amides is 1. The van der Waals surface area contributed by atoms with E-state index in [2.05, 4.69) is 10.6 Å². The maximum absolute atomic E-state index is 12.0. The molecule has 0 radical (unpaired) electrons. The topological polar surface area (TPSA) is 93.5 Å². The van der Waals surface area contributed by atoms with Crippen molar-refractivity contribution in [2.75, 3.05) is 24.3 Å². The smallest absolute Gasteiger partial charge is 0.271 e. The quantitative estimate of drug-likeness (QED) is 0.613. The Labute approximate surface area is 143 Å². The Morgan fingerprint density at radius 1 is 1.29 bits per heavy atom. The second kappa shape index (κ2) is 7.65. The fourth-order valence-electron chi connectivity index (χ4n) is 2.04. The summed E-state index contributed by atoms with van der Waals surface area (Å²) in [6.45, 7) is 1.76. The minimum absolute atomic E-state index is 0.0361. The summed E-state index contributed by atoms with van der Waals surface area (Å²) in [5, 5.41) is 16.8. The van der Waals surface area contributed by atoms with E-state index < -0.39 is 4.92 Å². The van der Waals surface area contributed by atoms with E-state index in [1.807, 2.05) is 0 Å². The van der Waals surface area contributed by atoms with Crippen LogP contribution in [0.15, 0.2) is 36.4 Å². The lowest BCUT2D eigenvalue weighted by Gasteiger charge is -2.11. The van der Waals surface area contributed by atoms with Gasteiger partial charge in [0.2, 0.25) is 5.91 Å². The molecule has 0 aliphatic rings. The number of anilines is 2. The highest BCUT2D eigenvalue weighted by atomic mass is 35.5. The third-order valence-electron chi connectivity index (χ3n) is 3.31. The molecule has 0 saturated heterocycles. The molecule has 2 aromatic rings. The fourth-order valence-corrected chi connectivity index (χ4v) is 2.30. The SMILES string of the molecule is COc1ccc(NC(=O)CNc2cc([N+](=O)[O-])ccc2C)cc1Cl. The van der Waals surface area contributed by atoms with Crippen LogP contribution in [0.25, 0.3) is 0 Å². The van der Waals surface area contributed by atoms with E-state index in [0.29, 0.717) is 22.1 Å². The number of methoxy groups -OCH3 is 1. The third kappa shape index (κ3) is 4.36. The standard InChI is InChI=1S/C16H16ClN3O4/c1-10-3-5-12(20(22)23)8-14(10)18-9-16(21)19-11-4-6-15(24-2)13(17)7-11/h3-8,18H,9H2,1-2H3,(H,19,21). The number of nitro groups is 1. The molecule has 0 fully saturated rings. The van der Waals surface area contributed by atoms with E-state index in [4.69, 9.17) is 16.3 Å². The number of nitrogens with zero attached hydrogens (tertiary/aromatic N) is 1. The number of benzene rings is 2. The Bertz CT molecular complexity index is 780. The molecule has 7 nitrogen and oxygen atoms in total. The van der Waals surface area contributed by atoms with Crippen molar-refractivity contribution in [2.45, 2.75) is 6.92 Å². The van der Waals surface area contributed by atoms with Gasteiger partial charge in [-0.05, 0) is 30.7 Å². The summed E-state index contributed by atoms with van der Waals surface area (Å²) in [6.07, 6.45) is 0. The molecule has 2 N–H and O–H groups in total. The molecule has 1 amide bonds. The van der Waals surface area contributed by atoms with Crippen LogP contribution in [0.1, 0.15) is 5.56 Å². The van der Waals surface area contributed by atoms with Crippen LogP contribution in [0.5, 0.6) is 5.75 Å². The van der Waals surface area contributed by atoms with Crippen molar-refractivity contribution in [3.8, 4) is 5.75 Å². The van der Waals surface area contributed by atoms with Crippen LogP contribution in [0.4, 0.5) is 17.1 Å². The summed E-state index contributed by atoms with van der Waals surface area (Å²) in [5.41, 5.74) is 1.84. The molecule has 0 bridgehead atoms. The normalized spacial score (nSPS) is 10.1. The van der Waals surface area contributed by atoms with Crippen molar-refractivity contribution in [1.29, 1.82) is 0 Å². The van der Waals surface area contributed by atoms with E-state index in [9.17, 15) is 14.9 Å². The first-order valence-corrected chi connectivity index (χ1v) is 7.41. The van der Waals surface area contributed by atoms with E-state index >= 15 is 0 Å². The first-order chi connectivity index (χ1) is 11.4. The van der Waals surface area contributed by atoms with Gasteiger partial charge in [0.05, 0.1) is 23.6 Å². The fraction of sp³-hybridized carbons (Fsp3) is 0.188. The number of rotatable bonds is 6. The molecule has 2 aromatic carbocycles. The second-order valence-corrected chi connectivity index (χ2v) is 5.41. The van der Waals surface area contributed by atoms with Gasteiger partial charge in [-0.25, -0.2) is 0 Å². The third-order valence-corrected chi connectivity index (χ3v) is 3.60. The number of hydrogen-bond acceptors (Lipinski definition) is 5. The van der Waals surface area contributed by atoms with E-state index in [-0.39, 0.29) is 18.1 Å². The van der Waals surface area contributed by atoms with Gasteiger partial charge in [0, 0.05) is 23.5 Å². The summed E-state index contributed by atoms with van der Waals surface area (Å²) >= 11 is 6.00. The van der Waals surface area contributed by atoms with Crippen LogP contribution in [0.3, 0.4) is 0 Å². The van der Waals surface area contributed by atoms with Gasteiger partial charge in [-0.15, -0.1) is 0 Å². The lowest BCUT2D eigenvalue weighted by Crippen LogP contribution is -2.22. The zero-order valence-corrected chi connectivity index (χ0v) is 13.9. The first-order valence-electron chi connectivity index (χ1n) is 7.03. The number of halogens is 1. The average Bonchev–Trinajstić information content (AvgIpc) is 2.54. The molecule has 0 aliphatic heterocycles. The van der Waals surface area contributed by atoms with E-state index in [1.54, 1.807) is 31.2 Å². The average molecular weight is 350 g/mol. The Kier molecular flexibility index (Phi) is 5.59. The summed E-state index contributed by atoms with van der Waals surface area (Å²) in [5.74, 6) is 0.210. The molecule has 2 rings (SSSR count). The number of non-ortho nitro benzene ring substituents is 1. The van der Waals surface area contributed by atoms with Crippen LogP contribution < -0.4 is 15.4 Å². The molecule has 0 heterocycles. The lowest BCUT2D eigenvalue weighted by molar-refractivity contribution is -0.384. The van der Waals surface area contributed by atoms with Gasteiger partial charge in [0.15, 0.2) is 0 Å². The molecular weight excluding hydrogens is 334 g/mol. The van der Waals surface area contributed by atoms with Gasteiger partial charge in [-0.1, -0.05) is 17.7 Å². The number of hydrogen-bond donors (Lipinski definition) is 2. The number of carbonyl (C=O) groups is 1. The predicted molar refractivity (Wildman–Crippen MR) is 93.0 cm³/mol.